The fourth-order valence-corrected chi connectivity index (χ4v) is 4.78. The molecule has 0 fully saturated rings. The maximum Gasteiger partial charge on any atom is 0.181 e. The third kappa shape index (κ3) is 3.16. The highest BCUT2D eigenvalue weighted by atomic mass is 35.5. The Morgan fingerprint density at radius 3 is 2.53 bits per heavy atom. The van der Waals surface area contributed by atoms with Crippen LogP contribution >= 0.6 is 47.5 Å². The first-order valence-electron chi connectivity index (χ1n) is 6.05. The average molecular weight is 340 g/mol. The van der Waals surface area contributed by atoms with Crippen molar-refractivity contribution in [2.45, 2.75) is 32.7 Å². The lowest BCUT2D eigenvalue weighted by Crippen LogP contribution is -2.33. The predicted molar refractivity (Wildman–Crippen MR) is 90.5 cm³/mol. The molecule has 0 aromatic carbocycles. The number of aromatic nitrogens is 1. The van der Waals surface area contributed by atoms with Crippen molar-refractivity contribution in [1.29, 1.82) is 0 Å². The molecule has 2 N–H and O–H groups in total. The molecule has 7 heteroatoms. The number of nitrogen functional groups attached to an aromatic ring is 1. The SMILES string of the molecule is CC(C)N1CCc2sc3nc(N)sc3c2CC1.Cl.Cl. The maximum absolute atomic E-state index is 5.79. The summed E-state index contributed by atoms with van der Waals surface area (Å²) in [4.78, 5) is 9.64. The van der Waals surface area contributed by atoms with Gasteiger partial charge in [-0.25, -0.2) is 4.98 Å². The zero-order valence-corrected chi connectivity index (χ0v) is 14.3. The predicted octanol–water partition coefficient (Wildman–Crippen LogP) is 3.59. The van der Waals surface area contributed by atoms with Crippen molar-refractivity contribution in [3.63, 3.8) is 0 Å². The average Bonchev–Trinajstić information content (AvgIpc) is 2.67. The molecule has 0 aliphatic carbocycles. The number of rotatable bonds is 1. The van der Waals surface area contributed by atoms with Crippen LogP contribution in [0.3, 0.4) is 0 Å². The molecule has 2 aromatic rings. The smallest absolute Gasteiger partial charge is 0.181 e. The molecule has 0 saturated heterocycles. The summed E-state index contributed by atoms with van der Waals surface area (Å²) in [7, 11) is 0. The van der Waals surface area contributed by atoms with Crippen molar-refractivity contribution in [2.24, 2.45) is 0 Å². The number of anilines is 1. The Hall–Kier alpha value is -0.0700. The molecule has 19 heavy (non-hydrogen) atoms. The lowest BCUT2D eigenvalue weighted by atomic mass is 10.2. The van der Waals surface area contributed by atoms with Crippen LogP contribution in [-0.2, 0) is 12.8 Å². The molecule has 2 aromatic heterocycles. The van der Waals surface area contributed by atoms with E-state index in [2.05, 4.69) is 23.7 Å². The maximum atomic E-state index is 5.79. The molecule has 3 nitrogen and oxygen atoms in total. The van der Waals surface area contributed by atoms with Crippen LogP contribution in [0.15, 0.2) is 0 Å². The monoisotopic (exact) mass is 339 g/mol. The minimum Gasteiger partial charge on any atom is -0.375 e. The van der Waals surface area contributed by atoms with Gasteiger partial charge in [-0.1, -0.05) is 11.3 Å². The first-order chi connectivity index (χ1) is 8.15. The molecular weight excluding hydrogens is 321 g/mol. The fraction of sp³-hybridized carbons (Fsp3) is 0.583. The third-order valence-electron chi connectivity index (χ3n) is 3.45. The number of nitrogens with zero attached hydrogens (tertiary/aromatic N) is 2. The summed E-state index contributed by atoms with van der Waals surface area (Å²) >= 11 is 3.49. The van der Waals surface area contributed by atoms with Gasteiger partial charge >= 0.3 is 0 Å². The second-order valence-electron chi connectivity index (χ2n) is 4.82. The Morgan fingerprint density at radius 1 is 1.16 bits per heavy atom. The molecule has 1 aliphatic rings. The zero-order chi connectivity index (χ0) is 12.0. The Kier molecular flexibility index (Phi) is 5.89. The van der Waals surface area contributed by atoms with E-state index in [1.165, 1.54) is 28.1 Å². The Labute approximate surface area is 134 Å². The number of hydrogen-bond acceptors (Lipinski definition) is 5. The highest BCUT2D eigenvalue weighted by Crippen LogP contribution is 2.38. The molecule has 3 heterocycles. The van der Waals surface area contributed by atoms with Crippen LogP contribution in [0.4, 0.5) is 5.13 Å². The molecule has 0 spiro atoms. The van der Waals surface area contributed by atoms with E-state index in [9.17, 15) is 0 Å². The molecule has 3 rings (SSSR count). The van der Waals surface area contributed by atoms with Crippen LogP contribution < -0.4 is 5.73 Å². The van der Waals surface area contributed by atoms with Gasteiger partial charge in [0, 0.05) is 24.0 Å². The van der Waals surface area contributed by atoms with Gasteiger partial charge in [-0.2, -0.15) is 0 Å². The van der Waals surface area contributed by atoms with Crippen molar-refractivity contribution < 1.29 is 0 Å². The summed E-state index contributed by atoms with van der Waals surface area (Å²) in [5, 5.41) is 0.707. The van der Waals surface area contributed by atoms with E-state index in [4.69, 9.17) is 5.73 Å². The second-order valence-corrected chi connectivity index (χ2v) is 6.93. The lowest BCUT2D eigenvalue weighted by Gasteiger charge is -2.23. The summed E-state index contributed by atoms with van der Waals surface area (Å²) in [6.45, 7) is 6.89. The summed E-state index contributed by atoms with van der Waals surface area (Å²) in [6, 6.07) is 0.644. The molecule has 0 atom stereocenters. The van der Waals surface area contributed by atoms with Gasteiger partial charge in [-0.3, -0.25) is 0 Å². The summed E-state index contributed by atoms with van der Waals surface area (Å²) in [5.41, 5.74) is 7.30. The largest absolute Gasteiger partial charge is 0.375 e. The molecule has 1 aliphatic heterocycles. The van der Waals surface area contributed by atoms with Crippen LogP contribution in [0.1, 0.15) is 24.3 Å². The van der Waals surface area contributed by atoms with Crippen molar-refractivity contribution in [2.75, 3.05) is 18.8 Å². The summed E-state index contributed by atoms with van der Waals surface area (Å²) < 4.78 is 1.34. The normalized spacial score (nSPS) is 15.7. The summed E-state index contributed by atoms with van der Waals surface area (Å²) in [6.07, 6.45) is 2.32. The van der Waals surface area contributed by atoms with Gasteiger partial charge in [0.15, 0.2) is 5.13 Å². The standard InChI is InChI=1S/C12H17N3S2.2ClH/c1-7(2)15-5-3-8-9(4-6-15)16-11-10(8)17-12(13)14-11;;/h7H,3-6H2,1-2H3,(H2,13,14);2*1H. The Morgan fingerprint density at radius 2 is 1.84 bits per heavy atom. The second kappa shape index (κ2) is 6.59. The van der Waals surface area contributed by atoms with Crippen LogP contribution in [0.2, 0.25) is 0 Å². The van der Waals surface area contributed by atoms with Crippen LogP contribution in [-0.4, -0.2) is 29.0 Å². The number of hydrogen-bond donors (Lipinski definition) is 1. The van der Waals surface area contributed by atoms with Gasteiger partial charge in [0.2, 0.25) is 0 Å². The van der Waals surface area contributed by atoms with E-state index in [0.717, 1.165) is 17.8 Å². The molecule has 0 amide bonds. The quantitative estimate of drug-likeness (QED) is 0.863. The van der Waals surface area contributed by atoms with E-state index < -0.39 is 0 Å². The number of thiophene rings is 1. The lowest BCUT2D eigenvalue weighted by molar-refractivity contribution is 0.233. The zero-order valence-electron chi connectivity index (χ0n) is 11.0. The number of thiazole rings is 1. The van der Waals surface area contributed by atoms with Crippen molar-refractivity contribution in [3.05, 3.63) is 10.4 Å². The number of halogens is 2. The number of fused-ring (bicyclic) bond motifs is 3. The van der Waals surface area contributed by atoms with E-state index in [-0.39, 0.29) is 24.8 Å². The summed E-state index contributed by atoms with van der Waals surface area (Å²) in [5.74, 6) is 0. The van der Waals surface area contributed by atoms with Gasteiger partial charge in [-0.15, -0.1) is 36.2 Å². The highest BCUT2D eigenvalue weighted by Gasteiger charge is 2.21. The molecule has 0 bridgehead atoms. The van der Waals surface area contributed by atoms with E-state index in [1.54, 1.807) is 11.3 Å². The minimum atomic E-state index is 0. The Bertz CT molecular complexity index is 550. The van der Waals surface area contributed by atoms with Crippen LogP contribution in [0.5, 0.6) is 0 Å². The van der Waals surface area contributed by atoms with E-state index in [1.807, 2.05) is 11.3 Å². The Balaban J connectivity index is 0.000000902. The molecule has 0 radical (unpaired) electrons. The van der Waals surface area contributed by atoms with Gasteiger partial charge in [0.05, 0.1) is 4.70 Å². The highest BCUT2D eigenvalue weighted by molar-refractivity contribution is 7.29. The van der Waals surface area contributed by atoms with E-state index in [0.29, 0.717) is 11.2 Å². The minimum absolute atomic E-state index is 0. The first kappa shape index (κ1) is 17.0. The van der Waals surface area contributed by atoms with Gasteiger partial charge < -0.3 is 10.6 Å². The van der Waals surface area contributed by atoms with Crippen LogP contribution in [0, 0.1) is 0 Å². The topological polar surface area (TPSA) is 42.2 Å². The van der Waals surface area contributed by atoms with Gasteiger partial charge in [-0.05, 0) is 32.3 Å². The molecule has 108 valence electrons. The van der Waals surface area contributed by atoms with Gasteiger partial charge in [0.1, 0.15) is 4.83 Å². The number of nitrogens with two attached hydrogens (primary N) is 1. The van der Waals surface area contributed by atoms with E-state index >= 15 is 0 Å². The van der Waals surface area contributed by atoms with Crippen molar-refractivity contribution in [3.8, 4) is 0 Å². The first-order valence-corrected chi connectivity index (χ1v) is 7.69. The molecular formula is C12H19Cl2N3S2. The third-order valence-corrected chi connectivity index (χ3v) is 5.71. The van der Waals surface area contributed by atoms with Crippen molar-refractivity contribution in [1.82, 2.24) is 9.88 Å². The van der Waals surface area contributed by atoms with Gasteiger partial charge in [0.25, 0.3) is 0 Å². The molecule has 0 saturated carbocycles. The fourth-order valence-electron chi connectivity index (χ4n) is 2.47. The van der Waals surface area contributed by atoms with Crippen LogP contribution in [0.25, 0.3) is 9.53 Å². The van der Waals surface area contributed by atoms with Crippen molar-refractivity contribution >= 4 is 62.1 Å². The molecule has 0 unspecified atom stereocenters.